The Morgan fingerprint density at radius 3 is 2.64 bits per heavy atom. The summed E-state index contributed by atoms with van der Waals surface area (Å²) in [5, 5.41) is 10.0. The van der Waals surface area contributed by atoms with Crippen molar-refractivity contribution in [1.29, 1.82) is 0 Å². The first-order valence-electron chi connectivity index (χ1n) is 12.1. The molecular formula is C27H44O. The summed E-state index contributed by atoms with van der Waals surface area (Å²) in [4.78, 5) is 0. The van der Waals surface area contributed by atoms with E-state index in [4.69, 9.17) is 0 Å². The summed E-state index contributed by atoms with van der Waals surface area (Å²) in [6, 6.07) is 0. The van der Waals surface area contributed by atoms with Crippen LogP contribution in [0.2, 0.25) is 0 Å². The van der Waals surface area contributed by atoms with Gasteiger partial charge in [-0.15, -0.1) is 0 Å². The smallest absolute Gasteiger partial charge is 0.0583 e. The van der Waals surface area contributed by atoms with Crippen LogP contribution >= 0.6 is 0 Å². The largest absolute Gasteiger partial charge is 0.393 e. The maximum Gasteiger partial charge on any atom is 0.0583 e. The van der Waals surface area contributed by atoms with Crippen LogP contribution < -0.4 is 0 Å². The lowest BCUT2D eigenvalue weighted by atomic mass is 9.63. The Balaban J connectivity index is 1.70. The lowest BCUT2D eigenvalue weighted by Crippen LogP contribution is -2.36. The first kappa shape index (κ1) is 21.9. The molecule has 0 bridgehead atoms. The Labute approximate surface area is 174 Å². The zero-order valence-electron chi connectivity index (χ0n) is 19.0. The van der Waals surface area contributed by atoms with E-state index in [1.165, 1.54) is 62.5 Å². The number of aliphatic hydroxyl groups excluding tert-OH is 1. The van der Waals surface area contributed by atoms with E-state index in [-0.39, 0.29) is 6.10 Å². The molecule has 0 heterocycles. The fourth-order valence-corrected chi connectivity index (χ4v) is 6.66. The second-order valence-corrected chi connectivity index (χ2v) is 10.8. The third-order valence-corrected chi connectivity index (χ3v) is 8.35. The van der Waals surface area contributed by atoms with E-state index >= 15 is 0 Å². The van der Waals surface area contributed by atoms with E-state index in [1.54, 1.807) is 5.57 Å². The topological polar surface area (TPSA) is 20.2 Å². The maximum atomic E-state index is 10.0. The lowest BCUT2D eigenvalue weighted by Gasteiger charge is -2.44. The van der Waals surface area contributed by atoms with Gasteiger partial charge in [-0.3, -0.25) is 0 Å². The van der Waals surface area contributed by atoms with Gasteiger partial charge in [0.25, 0.3) is 0 Å². The van der Waals surface area contributed by atoms with E-state index < -0.39 is 0 Å². The van der Waals surface area contributed by atoms with E-state index in [2.05, 4.69) is 46.4 Å². The third kappa shape index (κ3) is 4.84. The highest BCUT2D eigenvalue weighted by molar-refractivity contribution is 5.36. The molecule has 1 heteroatoms. The van der Waals surface area contributed by atoms with Gasteiger partial charge in [-0.1, -0.05) is 76.8 Å². The van der Waals surface area contributed by atoms with Crippen LogP contribution in [0.15, 0.2) is 35.5 Å². The van der Waals surface area contributed by atoms with Gasteiger partial charge >= 0.3 is 0 Å². The minimum atomic E-state index is -0.172. The van der Waals surface area contributed by atoms with Crippen LogP contribution in [0.1, 0.15) is 98.3 Å². The molecular weight excluding hydrogens is 343 g/mol. The highest BCUT2D eigenvalue weighted by Gasteiger charge is 2.50. The monoisotopic (exact) mass is 387 g/mol. The molecule has 0 saturated heterocycles. The molecule has 28 heavy (non-hydrogen) atoms. The zero-order chi connectivity index (χ0) is 20.3. The molecule has 0 unspecified atom stereocenters. The van der Waals surface area contributed by atoms with Crippen molar-refractivity contribution in [2.24, 2.45) is 29.1 Å². The summed E-state index contributed by atoms with van der Waals surface area (Å²) in [7, 11) is 0. The molecule has 0 radical (unpaired) electrons. The molecule has 1 N–H and O–H groups in total. The molecule has 3 aliphatic carbocycles. The fourth-order valence-electron chi connectivity index (χ4n) is 6.66. The van der Waals surface area contributed by atoms with Crippen molar-refractivity contribution >= 4 is 0 Å². The summed E-state index contributed by atoms with van der Waals surface area (Å²) in [5.41, 5.74) is 4.72. The molecule has 1 nitrogen and oxygen atoms in total. The summed E-state index contributed by atoms with van der Waals surface area (Å²) in [5.74, 6) is 3.37. The number of rotatable bonds is 6. The van der Waals surface area contributed by atoms with Crippen molar-refractivity contribution < 1.29 is 5.11 Å². The van der Waals surface area contributed by atoms with Gasteiger partial charge in [0.2, 0.25) is 0 Å². The molecule has 3 rings (SSSR count). The standard InChI is InChI=1S/C27H44O/c1-19(2)8-6-9-21(4)25-15-16-26-22(10-7-17-27(25,26)5)12-13-23-18-24(28)14-11-20(23)3/h12-13,19,21,24-26,28H,3,6-11,14-18H2,1-2,4-5H3/b22-12+,23-13+/t21-,24+,25-,26+,27-/m1/s1/i3+1,10+1,12+1. The maximum absolute atomic E-state index is 10.0. The van der Waals surface area contributed by atoms with Gasteiger partial charge in [-0.25, -0.2) is 0 Å². The van der Waals surface area contributed by atoms with Gasteiger partial charge < -0.3 is 5.11 Å². The molecule has 3 fully saturated rings. The van der Waals surface area contributed by atoms with Crippen molar-refractivity contribution in [3.05, 3.63) is 35.5 Å². The minimum absolute atomic E-state index is 0.172. The predicted octanol–water partition coefficient (Wildman–Crippen LogP) is 7.62. The quantitative estimate of drug-likeness (QED) is 0.465. The first-order valence-corrected chi connectivity index (χ1v) is 12.1. The predicted molar refractivity (Wildman–Crippen MR) is 121 cm³/mol. The zero-order valence-corrected chi connectivity index (χ0v) is 19.0. The van der Waals surface area contributed by atoms with Gasteiger partial charge in [0.05, 0.1) is 6.10 Å². The van der Waals surface area contributed by atoms with Crippen molar-refractivity contribution in [3.8, 4) is 0 Å². The SMILES string of the molecule is CC(C)CCC[C@@H](C)[C@H]1CC[C@H]2/C(=[13CH]/C=C3\C[C@@H](O)CCC3=[13CH2])[13CH2]CC[C@]12C. The fraction of sp³-hybridized carbons (Fsp3) is 0.778. The molecule has 0 aromatic rings. The molecule has 0 aromatic carbocycles. The van der Waals surface area contributed by atoms with Gasteiger partial charge in [-0.05, 0) is 86.0 Å². The third-order valence-electron chi connectivity index (χ3n) is 8.35. The number of hydrogen-bond acceptors (Lipinski definition) is 1. The lowest BCUT2D eigenvalue weighted by molar-refractivity contribution is 0.0929. The number of allylic oxidation sites excluding steroid dienone is 4. The van der Waals surface area contributed by atoms with Crippen LogP contribution in [0.5, 0.6) is 0 Å². The van der Waals surface area contributed by atoms with Crippen molar-refractivity contribution in [2.75, 3.05) is 0 Å². The van der Waals surface area contributed by atoms with Crippen LogP contribution in [-0.4, -0.2) is 11.2 Å². The van der Waals surface area contributed by atoms with E-state index in [0.717, 1.165) is 42.9 Å². The van der Waals surface area contributed by atoms with Crippen LogP contribution in [0, 0.1) is 29.1 Å². The molecule has 0 aromatic heterocycles. The Bertz CT molecular complexity index is 610. The Morgan fingerprint density at radius 1 is 1.11 bits per heavy atom. The molecule has 5 atom stereocenters. The molecule has 0 amide bonds. The van der Waals surface area contributed by atoms with Crippen molar-refractivity contribution in [1.82, 2.24) is 0 Å². The summed E-state index contributed by atoms with van der Waals surface area (Å²) in [6.45, 7) is 14.1. The highest BCUT2D eigenvalue weighted by Crippen LogP contribution is 2.59. The van der Waals surface area contributed by atoms with Crippen molar-refractivity contribution in [2.45, 2.75) is 104 Å². The van der Waals surface area contributed by atoms with E-state index in [0.29, 0.717) is 5.41 Å². The van der Waals surface area contributed by atoms with E-state index in [1.807, 2.05) is 0 Å². The highest BCUT2D eigenvalue weighted by atomic mass is 16.3. The van der Waals surface area contributed by atoms with Crippen molar-refractivity contribution in [3.63, 3.8) is 0 Å². The average Bonchev–Trinajstić information content (AvgIpc) is 2.99. The number of hydrogen-bond donors (Lipinski definition) is 1. The Hall–Kier alpha value is -0.820. The minimum Gasteiger partial charge on any atom is -0.393 e. The average molecular weight is 388 g/mol. The van der Waals surface area contributed by atoms with E-state index in [9.17, 15) is 5.11 Å². The normalized spacial score (nSPS) is 37.6. The summed E-state index contributed by atoms with van der Waals surface area (Å²) < 4.78 is 0. The van der Waals surface area contributed by atoms with Crippen LogP contribution in [0.25, 0.3) is 0 Å². The summed E-state index contributed by atoms with van der Waals surface area (Å²) >= 11 is 0. The Kier molecular flexibility index (Phi) is 7.29. The van der Waals surface area contributed by atoms with Gasteiger partial charge in [0, 0.05) is 0 Å². The number of fused-ring (bicyclic) bond motifs is 1. The van der Waals surface area contributed by atoms with Gasteiger partial charge in [0.15, 0.2) is 0 Å². The molecule has 158 valence electrons. The summed E-state index contributed by atoms with van der Waals surface area (Å²) in [6.07, 6.45) is 18.2. The molecule has 3 aliphatic rings. The van der Waals surface area contributed by atoms with Gasteiger partial charge in [0.1, 0.15) is 0 Å². The second kappa shape index (κ2) is 9.33. The van der Waals surface area contributed by atoms with Gasteiger partial charge in [-0.2, -0.15) is 0 Å². The van der Waals surface area contributed by atoms with Crippen LogP contribution in [0.3, 0.4) is 0 Å². The molecule has 3 saturated carbocycles. The molecule has 0 aliphatic heterocycles. The van der Waals surface area contributed by atoms with Crippen LogP contribution in [-0.2, 0) is 0 Å². The number of aliphatic hydroxyl groups is 1. The van der Waals surface area contributed by atoms with Crippen LogP contribution in [0.4, 0.5) is 0 Å². The second-order valence-electron chi connectivity index (χ2n) is 10.8. The molecule has 0 spiro atoms. The Morgan fingerprint density at radius 2 is 1.89 bits per heavy atom. The first-order chi connectivity index (χ1) is 13.3.